The number of likely N-dealkylation sites (N-methyl/N-ethyl adjacent to an activating group) is 1. The van der Waals surface area contributed by atoms with Crippen LogP contribution in [0.4, 0.5) is 0 Å². The van der Waals surface area contributed by atoms with Gasteiger partial charge in [0.2, 0.25) is 11.8 Å². The Balaban J connectivity index is 2.71. The van der Waals surface area contributed by atoms with Crippen LogP contribution in [0, 0.1) is 0 Å². The van der Waals surface area contributed by atoms with E-state index in [1.807, 2.05) is 37.5 Å². The van der Waals surface area contributed by atoms with Gasteiger partial charge in [0, 0.05) is 26.2 Å². The fraction of sp³-hybridized carbons (Fsp3) is 0.867. The van der Waals surface area contributed by atoms with Crippen LogP contribution in [0.5, 0.6) is 0 Å². The first-order valence-corrected chi connectivity index (χ1v) is 7.52. The van der Waals surface area contributed by atoms with Crippen molar-refractivity contribution in [3.63, 3.8) is 0 Å². The molecule has 0 aromatic rings. The van der Waals surface area contributed by atoms with Crippen LogP contribution in [0.25, 0.3) is 0 Å². The molecule has 0 aliphatic carbocycles. The molecule has 0 saturated carbocycles. The maximum absolute atomic E-state index is 12.5. The van der Waals surface area contributed by atoms with Gasteiger partial charge in [0.25, 0.3) is 0 Å². The van der Waals surface area contributed by atoms with E-state index in [0.717, 1.165) is 19.4 Å². The van der Waals surface area contributed by atoms with Crippen LogP contribution >= 0.6 is 0 Å². The molecule has 0 aromatic carbocycles. The van der Waals surface area contributed by atoms with Crippen molar-refractivity contribution in [3.05, 3.63) is 0 Å². The smallest absolute Gasteiger partial charge is 0.239 e. The van der Waals surface area contributed by atoms with E-state index in [2.05, 4.69) is 0 Å². The number of likely N-dealkylation sites (tertiary alicyclic amines) is 1. The second kappa shape index (κ2) is 7.07. The van der Waals surface area contributed by atoms with Crippen LogP contribution in [0.15, 0.2) is 0 Å². The maximum Gasteiger partial charge on any atom is 0.239 e. The largest absolute Gasteiger partial charge is 0.347 e. The molecule has 5 nitrogen and oxygen atoms in total. The molecule has 0 unspecified atom stereocenters. The molecule has 1 rings (SSSR count). The standard InChI is InChI=1S/C15H29N3O2/c1-11(2)18(12(3)4)14(19)10-17-9-7-8-13(17)15(20)16(5)6/h11-13H,7-10H2,1-6H3/t13-/m0/s1. The van der Waals surface area contributed by atoms with Gasteiger partial charge in [-0.15, -0.1) is 0 Å². The maximum atomic E-state index is 12.5. The van der Waals surface area contributed by atoms with Crippen molar-refractivity contribution < 1.29 is 9.59 Å². The average Bonchev–Trinajstić information content (AvgIpc) is 2.74. The summed E-state index contributed by atoms with van der Waals surface area (Å²) in [7, 11) is 3.55. The predicted molar refractivity (Wildman–Crippen MR) is 80.4 cm³/mol. The van der Waals surface area contributed by atoms with E-state index in [-0.39, 0.29) is 29.9 Å². The second-order valence-electron chi connectivity index (χ2n) is 6.35. The summed E-state index contributed by atoms with van der Waals surface area (Å²) in [5, 5.41) is 0. The van der Waals surface area contributed by atoms with Crippen LogP contribution in [0.1, 0.15) is 40.5 Å². The molecule has 116 valence electrons. The number of nitrogens with zero attached hydrogens (tertiary/aromatic N) is 3. The fourth-order valence-electron chi connectivity index (χ4n) is 3.02. The molecule has 1 fully saturated rings. The lowest BCUT2D eigenvalue weighted by molar-refractivity contribution is -0.139. The first-order valence-electron chi connectivity index (χ1n) is 7.52. The Morgan fingerprint density at radius 1 is 1.15 bits per heavy atom. The third-order valence-electron chi connectivity index (χ3n) is 3.83. The van der Waals surface area contributed by atoms with E-state index in [0.29, 0.717) is 6.54 Å². The van der Waals surface area contributed by atoms with Crippen LogP contribution in [-0.2, 0) is 9.59 Å². The Kier molecular flexibility index (Phi) is 5.99. The summed E-state index contributed by atoms with van der Waals surface area (Å²) in [5.74, 6) is 0.226. The molecule has 0 bridgehead atoms. The molecule has 0 spiro atoms. The van der Waals surface area contributed by atoms with Crippen molar-refractivity contribution in [2.45, 2.75) is 58.7 Å². The Morgan fingerprint density at radius 2 is 1.70 bits per heavy atom. The van der Waals surface area contributed by atoms with Crippen molar-refractivity contribution in [1.29, 1.82) is 0 Å². The van der Waals surface area contributed by atoms with Gasteiger partial charge in [0.15, 0.2) is 0 Å². The van der Waals surface area contributed by atoms with Gasteiger partial charge >= 0.3 is 0 Å². The minimum absolute atomic E-state index is 0.107. The van der Waals surface area contributed by atoms with Crippen molar-refractivity contribution in [3.8, 4) is 0 Å². The first kappa shape index (κ1) is 17.0. The van der Waals surface area contributed by atoms with E-state index in [1.54, 1.807) is 19.0 Å². The van der Waals surface area contributed by atoms with Crippen molar-refractivity contribution >= 4 is 11.8 Å². The minimum atomic E-state index is -0.130. The molecule has 20 heavy (non-hydrogen) atoms. The Labute approximate surface area is 122 Å². The summed E-state index contributed by atoms with van der Waals surface area (Å²) in [6.45, 7) is 9.31. The SMILES string of the molecule is CC(C)N(C(=O)CN1CCC[C@H]1C(=O)N(C)C)C(C)C. The highest BCUT2D eigenvalue weighted by Gasteiger charge is 2.34. The zero-order chi connectivity index (χ0) is 15.4. The van der Waals surface area contributed by atoms with E-state index >= 15 is 0 Å². The van der Waals surface area contributed by atoms with Gasteiger partial charge in [-0.3, -0.25) is 14.5 Å². The molecule has 0 N–H and O–H groups in total. The van der Waals surface area contributed by atoms with Gasteiger partial charge < -0.3 is 9.80 Å². The van der Waals surface area contributed by atoms with Gasteiger partial charge in [-0.1, -0.05) is 0 Å². The van der Waals surface area contributed by atoms with Crippen LogP contribution < -0.4 is 0 Å². The summed E-state index contributed by atoms with van der Waals surface area (Å²) in [4.78, 5) is 30.2. The fourth-order valence-corrected chi connectivity index (χ4v) is 3.02. The highest BCUT2D eigenvalue weighted by Crippen LogP contribution is 2.19. The molecular formula is C15H29N3O2. The molecule has 1 atom stereocenters. The Morgan fingerprint density at radius 3 is 2.15 bits per heavy atom. The van der Waals surface area contributed by atoms with E-state index < -0.39 is 0 Å². The van der Waals surface area contributed by atoms with E-state index in [1.165, 1.54) is 0 Å². The summed E-state index contributed by atoms with van der Waals surface area (Å²) in [6, 6.07) is 0.247. The monoisotopic (exact) mass is 283 g/mol. The number of hydrogen-bond acceptors (Lipinski definition) is 3. The predicted octanol–water partition coefficient (Wildman–Crippen LogP) is 1.18. The number of rotatable bonds is 5. The zero-order valence-electron chi connectivity index (χ0n) is 13.7. The highest BCUT2D eigenvalue weighted by molar-refractivity contribution is 5.84. The number of hydrogen-bond donors (Lipinski definition) is 0. The molecule has 5 heteroatoms. The van der Waals surface area contributed by atoms with Gasteiger partial charge in [0.1, 0.15) is 0 Å². The zero-order valence-corrected chi connectivity index (χ0v) is 13.7. The number of carbonyl (C=O) groups excluding carboxylic acids is 2. The molecule has 1 heterocycles. The van der Waals surface area contributed by atoms with Crippen LogP contribution in [0.2, 0.25) is 0 Å². The normalized spacial score (nSPS) is 19.7. The van der Waals surface area contributed by atoms with Crippen molar-refractivity contribution in [1.82, 2.24) is 14.7 Å². The Bertz CT molecular complexity index is 345. The quantitative estimate of drug-likeness (QED) is 0.761. The summed E-state index contributed by atoms with van der Waals surface area (Å²) in [5.41, 5.74) is 0. The van der Waals surface area contributed by atoms with Crippen molar-refractivity contribution in [2.24, 2.45) is 0 Å². The average molecular weight is 283 g/mol. The van der Waals surface area contributed by atoms with Gasteiger partial charge in [-0.25, -0.2) is 0 Å². The lowest BCUT2D eigenvalue weighted by atomic mass is 10.2. The third kappa shape index (κ3) is 3.95. The van der Waals surface area contributed by atoms with Gasteiger partial charge in [-0.05, 0) is 47.1 Å². The van der Waals surface area contributed by atoms with E-state index in [9.17, 15) is 9.59 Å². The molecular weight excluding hydrogens is 254 g/mol. The number of amides is 2. The highest BCUT2D eigenvalue weighted by atomic mass is 16.2. The first-order chi connectivity index (χ1) is 9.25. The topological polar surface area (TPSA) is 43.9 Å². The van der Waals surface area contributed by atoms with Crippen molar-refractivity contribution in [2.75, 3.05) is 27.2 Å². The lowest BCUT2D eigenvalue weighted by Gasteiger charge is -2.33. The number of carbonyl (C=O) groups is 2. The molecule has 2 amide bonds. The van der Waals surface area contributed by atoms with Gasteiger partial charge in [-0.2, -0.15) is 0 Å². The molecule has 1 aliphatic heterocycles. The van der Waals surface area contributed by atoms with Crippen LogP contribution in [-0.4, -0.2) is 71.8 Å². The summed E-state index contributed by atoms with van der Waals surface area (Å²) in [6.07, 6.45) is 1.84. The minimum Gasteiger partial charge on any atom is -0.347 e. The lowest BCUT2D eigenvalue weighted by Crippen LogP contribution is -2.50. The summed E-state index contributed by atoms with van der Waals surface area (Å²) >= 11 is 0. The summed E-state index contributed by atoms with van der Waals surface area (Å²) < 4.78 is 0. The molecule has 1 saturated heterocycles. The molecule has 0 radical (unpaired) electrons. The molecule has 0 aromatic heterocycles. The molecule has 1 aliphatic rings. The van der Waals surface area contributed by atoms with Gasteiger partial charge in [0.05, 0.1) is 12.6 Å². The Hall–Kier alpha value is -1.10. The second-order valence-corrected chi connectivity index (χ2v) is 6.35. The van der Waals surface area contributed by atoms with Crippen LogP contribution in [0.3, 0.4) is 0 Å². The third-order valence-corrected chi connectivity index (χ3v) is 3.83. The van der Waals surface area contributed by atoms with E-state index in [4.69, 9.17) is 0 Å².